The van der Waals surface area contributed by atoms with E-state index in [4.69, 9.17) is 5.11 Å². The molecule has 1 saturated heterocycles. The molecule has 2 N–H and O–H groups in total. The van der Waals surface area contributed by atoms with Crippen molar-refractivity contribution in [2.24, 2.45) is 0 Å². The smallest absolute Gasteiger partial charge is 0.446 e. The number of carboxylic acid groups (broad SMARTS) is 1. The molecule has 0 saturated carbocycles. The fraction of sp³-hybridized carbons (Fsp3) is 0.364. The molecule has 2 atom stereocenters. The summed E-state index contributed by atoms with van der Waals surface area (Å²) in [7, 11) is 0. The number of hydrogen-bond donors (Lipinski definition) is 2. The van der Waals surface area contributed by atoms with Gasteiger partial charge in [0.25, 0.3) is 0 Å². The van der Waals surface area contributed by atoms with Gasteiger partial charge in [-0.05, 0) is 29.5 Å². The zero-order valence-electron chi connectivity index (χ0n) is 9.48. The van der Waals surface area contributed by atoms with Crippen molar-refractivity contribution in [2.75, 3.05) is 5.75 Å². The van der Waals surface area contributed by atoms with Crippen molar-refractivity contribution >= 4 is 29.5 Å². The van der Waals surface area contributed by atoms with Crippen LogP contribution in [0.25, 0.3) is 0 Å². The molecule has 1 aliphatic rings. The van der Waals surface area contributed by atoms with E-state index in [2.05, 4.69) is 5.32 Å². The number of halogens is 3. The second-order valence-electron chi connectivity index (χ2n) is 3.89. The van der Waals surface area contributed by atoms with Gasteiger partial charge < -0.3 is 5.11 Å². The third kappa shape index (κ3) is 4.05. The number of aliphatic carboxylic acids is 1. The van der Waals surface area contributed by atoms with E-state index in [0.29, 0.717) is 5.75 Å². The summed E-state index contributed by atoms with van der Waals surface area (Å²) in [6.45, 7) is 0. The average molecular weight is 309 g/mol. The summed E-state index contributed by atoms with van der Waals surface area (Å²) in [5.74, 6) is -0.474. The quantitative estimate of drug-likeness (QED) is 0.840. The minimum atomic E-state index is -4.30. The Labute approximate surface area is 115 Å². The first kappa shape index (κ1) is 14.5. The van der Waals surface area contributed by atoms with Gasteiger partial charge in [-0.3, -0.25) is 10.1 Å². The van der Waals surface area contributed by atoms with Crippen molar-refractivity contribution in [1.29, 1.82) is 0 Å². The van der Waals surface area contributed by atoms with Gasteiger partial charge in [0.05, 0.1) is 5.37 Å². The standard InChI is InChI=1S/C11H10F3NO2S2/c12-11(13,14)19-7-3-1-6(2-4-7)9-15-8(5-18-9)10(16)17/h1-4,8-9,15H,5H2,(H,16,17)/t8-,9?/m0/s1. The molecule has 1 aromatic rings. The van der Waals surface area contributed by atoms with E-state index < -0.39 is 17.5 Å². The molecule has 1 fully saturated rings. The third-order valence-electron chi connectivity index (χ3n) is 2.50. The third-order valence-corrected chi connectivity index (χ3v) is 4.50. The van der Waals surface area contributed by atoms with E-state index in [0.717, 1.165) is 5.56 Å². The molecule has 8 heteroatoms. The second-order valence-corrected chi connectivity index (χ2v) is 6.16. The summed E-state index contributed by atoms with van der Waals surface area (Å²) < 4.78 is 36.5. The van der Waals surface area contributed by atoms with Crippen LogP contribution in [0.15, 0.2) is 29.2 Å². The maximum Gasteiger partial charge on any atom is 0.446 e. The predicted molar refractivity (Wildman–Crippen MR) is 68.1 cm³/mol. The van der Waals surface area contributed by atoms with E-state index in [-0.39, 0.29) is 22.0 Å². The largest absolute Gasteiger partial charge is 0.480 e. The number of carbonyl (C=O) groups is 1. The molecule has 19 heavy (non-hydrogen) atoms. The Hall–Kier alpha value is -0.860. The van der Waals surface area contributed by atoms with Crippen LogP contribution in [-0.4, -0.2) is 28.4 Å². The van der Waals surface area contributed by atoms with E-state index in [9.17, 15) is 18.0 Å². The molecule has 104 valence electrons. The molecule has 2 rings (SSSR count). The molecular formula is C11H10F3NO2S2. The molecule has 1 heterocycles. The summed E-state index contributed by atoms with van der Waals surface area (Å²) in [5.41, 5.74) is -3.52. The molecule has 1 unspecified atom stereocenters. The first-order valence-electron chi connectivity index (χ1n) is 5.31. The van der Waals surface area contributed by atoms with Crippen molar-refractivity contribution in [3.63, 3.8) is 0 Å². The lowest BCUT2D eigenvalue weighted by Crippen LogP contribution is -2.33. The van der Waals surface area contributed by atoms with Crippen LogP contribution in [0.4, 0.5) is 13.2 Å². The van der Waals surface area contributed by atoms with Gasteiger partial charge in [-0.15, -0.1) is 11.8 Å². The van der Waals surface area contributed by atoms with Gasteiger partial charge >= 0.3 is 11.5 Å². The lowest BCUT2D eigenvalue weighted by molar-refractivity contribution is -0.138. The second kappa shape index (κ2) is 5.64. The van der Waals surface area contributed by atoms with E-state index >= 15 is 0 Å². The lowest BCUT2D eigenvalue weighted by Gasteiger charge is -2.12. The Morgan fingerprint density at radius 2 is 2.00 bits per heavy atom. The Kier molecular flexibility index (Phi) is 4.32. The molecule has 0 amide bonds. The minimum Gasteiger partial charge on any atom is -0.480 e. The van der Waals surface area contributed by atoms with Crippen LogP contribution < -0.4 is 5.32 Å². The van der Waals surface area contributed by atoms with E-state index in [1.54, 1.807) is 12.1 Å². The summed E-state index contributed by atoms with van der Waals surface area (Å²) >= 11 is 1.27. The molecule has 1 aromatic carbocycles. The van der Waals surface area contributed by atoms with Crippen molar-refractivity contribution in [3.05, 3.63) is 29.8 Å². The first-order chi connectivity index (χ1) is 8.85. The minimum absolute atomic E-state index is 0.119. The first-order valence-corrected chi connectivity index (χ1v) is 7.18. The van der Waals surface area contributed by atoms with Crippen molar-refractivity contribution in [1.82, 2.24) is 5.32 Å². The summed E-state index contributed by atoms with van der Waals surface area (Å²) in [5, 5.41) is 11.6. The fourth-order valence-corrected chi connectivity index (χ4v) is 3.42. The molecule has 0 aliphatic carbocycles. The van der Waals surface area contributed by atoms with Gasteiger partial charge in [-0.1, -0.05) is 12.1 Å². The Morgan fingerprint density at radius 1 is 1.37 bits per heavy atom. The highest BCUT2D eigenvalue weighted by Crippen LogP contribution is 2.38. The van der Waals surface area contributed by atoms with Gasteiger partial charge in [0.1, 0.15) is 6.04 Å². The Bertz CT molecular complexity index is 464. The highest BCUT2D eigenvalue weighted by Gasteiger charge is 2.31. The van der Waals surface area contributed by atoms with Crippen molar-refractivity contribution in [3.8, 4) is 0 Å². The highest BCUT2D eigenvalue weighted by atomic mass is 32.2. The Balaban J connectivity index is 2.01. The molecule has 0 bridgehead atoms. The van der Waals surface area contributed by atoms with Crippen LogP contribution in [0.2, 0.25) is 0 Å². The van der Waals surface area contributed by atoms with Gasteiger partial charge in [-0.2, -0.15) is 13.2 Å². The number of carboxylic acids is 1. The average Bonchev–Trinajstić information content (AvgIpc) is 2.77. The van der Waals surface area contributed by atoms with Gasteiger partial charge in [0.15, 0.2) is 0 Å². The molecule has 0 radical (unpaired) electrons. The number of alkyl halides is 3. The maximum atomic E-state index is 12.2. The van der Waals surface area contributed by atoms with Crippen LogP contribution in [0.3, 0.4) is 0 Å². The van der Waals surface area contributed by atoms with E-state index in [1.165, 1.54) is 23.9 Å². The van der Waals surface area contributed by atoms with Gasteiger partial charge in [0, 0.05) is 10.6 Å². The molecule has 3 nitrogen and oxygen atoms in total. The lowest BCUT2D eigenvalue weighted by atomic mass is 10.2. The van der Waals surface area contributed by atoms with Gasteiger partial charge in [0.2, 0.25) is 0 Å². The molecule has 0 aromatic heterocycles. The number of rotatable bonds is 3. The zero-order chi connectivity index (χ0) is 14.0. The van der Waals surface area contributed by atoms with Crippen molar-refractivity contribution in [2.45, 2.75) is 21.8 Å². The number of thioether (sulfide) groups is 2. The molecule has 1 aliphatic heterocycles. The summed E-state index contributed by atoms with van der Waals surface area (Å²) in [6, 6.07) is 5.35. The number of nitrogens with one attached hydrogen (secondary N) is 1. The van der Waals surface area contributed by atoms with E-state index in [1.807, 2.05) is 0 Å². The number of hydrogen-bond acceptors (Lipinski definition) is 4. The van der Waals surface area contributed by atoms with Crippen LogP contribution in [-0.2, 0) is 4.79 Å². The Morgan fingerprint density at radius 3 is 2.47 bits per heavy atom. The SMILES string of the molecule is O=C(O)[C@@H]1CSC(c2ccc(SC(F)(F)F)cc2)N1. The van der Waals surface area contributed by atoms with Crippen molar-refractivity contribution < 1.29 is 23.1 Å². The topological polar surface area (TPSA) is 49.3 Å². The molecular weight excluding hydrogens is 299 g/mol. The van der Waals surface area contributed by atoms with Crippen LogP contribution in [0.1, 0.15) is 10.9 Å². The molecule has 0 spiro atoms. The fourth-order valence-electron chi connectivity index (χ4n) is 1.65. The predicted octanol–water partition coefficient (Wildman–Crippen LogP) is 3.09. The summed E-state index contributed by atoms with van der Waals surface area (Å²) in [6.07, 6.45) is 0. The van der Waals surface area contributed by atoms with Crippen LogP contribution in [0, 0.1) is 0 Å². The monoisotopic (exact) mass is 309 g/mol. The zero-order valence-corrected chi connectivity index (χ0v) is 11.1. The number of benzene rings is 1. The normalized spacial score (nSPS) is 23.5. The van der Waals surface area contributed by atoms with Gasteiger partial charge in [-0.25, -0.2) is 0 Å². The van der Waals surface area contributed by atoms with Crippen LogP contribution >= 0.6 is 23.5 Å². The highest BCUT2D eigenvalue weighted by molar-refractivity contribution is 8.00. The summed E-state index contributed by atoms with van der Waals surface area (Å²) in [4.78, 5) is 10.9. The van der Waals surface area contributed by atoms with Crippen LogP contribution in [0.5, 0.6) is 0 Å². The maximum absolute atomic E-state index is 12.2.